The van der Waals surface area contributed by atoms with Crippen LogP contribution in [0, 0.1) is 19.8 Å². The molecular formula is C14H23N. The molecule has 0 saturated carbocycles. The maximum atomic E-state index is 3.25. The van der Waals surface area contributed by atoms with E-state index in [0.29, 0.717) is 11.8 Å². The fraction of sp³-hybridized carbons (Fsp3) is 0.571. The highest BCUT2D eigenvalue weighted by Crippen LogP contribution is 2.27. The van der Waals surface area contributed by atoms with E-state index in [4.69, 9.17) is 0 Å². The van der Waals surface area contributed by atoms with Gasteiger partial charge < -0.3 is 5.32 Å². The van der Waals surface area contributed by atoms with Crippen molar-refractivity contribution in [3.63, 3.8) is 0 Å². The number of hydrogen-bond donors (Lipinski definition) is 1. The van der Waals surface area contributed by atoms with Crippen LogP contribution in [-0.4, -0.2) is 13.6 Å². The molecule has 0 aliphatic rings. The van der Waals surface area contributed by atoms with Crippen molar-refractivity contribution in [2.45, 2.75) is 33.6 Å². The Balaban J connectivity index is 2.89. The van der Waals surface area contributed by atoms with E-state index in [-0.39, 0.29) is 0 Å². The minimum Gasteiger partial charge on any atom is -0.319 e. The Labute approximate surface area is 93.9 Å². The van der Waals surface area contributed by atoms with E-state index in [1.165, 1.54) is 16.7 Å². The Morgan fingerprint density at radius 1 is 1.20 bits per heavy atom. The summed E-state index contributed by atoms with van der Waals surface area (Å²) in [6, 6.07) is 6.74. The van der Waals surface area contributed by atoms with Gasteiger partial charge >= 0.3 is 0 Å². The summed E-state index contributed by atoms with van der Waals surface area (Å²) in [6.07, 6.45) is 0. The summed E-state index contributed by atoms with van der Waals surface area (Å²) in [5.41, 5.74) is 4.27. The SMILES string of the molecule is CNCC(C)C(C)c1cc(C)ccc1C. The summed E-state index contributed by atoms with van der Waals surface area (Å²) in [6.45, 7) is 10.1. The minimum atomic E-state index is 0.623. The van der Waals surface area contributed by atoms with Crippen LogP contribution in [0.3, 0.4) is 0 Å². The van der Waals surface area contributed by atoms with Crippen molar-refractivity contribution in [1.82, 2.24) is 5.32 Å². The van der Waals surface area contributed by atoms with Gasteiger partial charge in [0.2, 0.25) is 0 Å². The molecule has 1 aromatic rings. The van der Waals surface area contributed by atoms with E-state index < -0.39 is 0 Å². The van der Waals surface area contributed by atoms with Gasteiger partial charge in [-0.3, -0.25) is 0 Å². The van der Waals surface area contributed by atoms with Crippen LogP contribution in [0.1, 0.15) is 36.5 Å². The van der Waals surface area contributed by atoms with Gasteiger partial charge in [0.25, 0.3) is 0 Å². The van der Waals surface area contributed by atoms with Gasteiger partial charge in [0, 0.05) is 0 Å². The standard InChI is InChI=1S/C14H23N/c1-10-6-7-11(2)14(8-10)13(4)12(3)9-15-5/h6-8,12-13,15H,9H2,1-5H3. The molecule has 0 bridgehead atoms. The first-order chi connectivity index (χ1) is 7.06. The summed E-state index contributed by atoms with van der Waals surface area (Å²) in [4.78, 5) is 0. The van der Waals surface area contributed by atoms with Crippen molar-refractivity contribution < 1.29 is 0 Å². The topological polar surface area (TPSA) is 12.0 Å². The predicted octanol–water partition coefficient (Wildman–Crippen LogP) is 3.26. The van der Waals surface area contributed by atoms with Gasteiger partial charge in [-0.05, 0) is 50.4 Å². The first-order valence-corrected chi connectivity index (χ1v) is 5.78. The summed E-state index contributed by atoms with van der Waals surface area (Å²) in [7, 11) is 2.02. The largest absolute Gasteiger partial charge is 0.319 e. The van der Waals surface area contributed by atoms with E-state index in [1.54, 1.807) is 0 Å². The molecule has 0 aliphatic carbocycles. The molecule has 1 heteroatoms. The van der Waals surface area contributed by atoms with Gasteiger partial charge in [0.05, 0.1) is 0 Å². The number of rotatable bonds is 4. The summed E-state index contributed by atoms with van der Waals surface area (Å²) < 4.78 is 0. The third-order valence-corrected chi connectivity index (χ3v) is 3.30. The van der Waals surface area contributed by atoms with Gasteiger partial charge in [-0.2, -0.15) is 0 Å². The summed E-state index contributed by atoms with van der Waals surface area (Å²) in [5.74, 6) is 1.30. The van der Waals surface area contributed by atoms with E-state index in [0.717, 1.165) is 6.54 Å². The van der Waals surface area contributed by atoms with Crippen LogP contribution < -0.4 is 5.32 Å². The van der Waals surface area contributed by atoms with Crippen molar-refractivity contribution in [3.05, 3.63) is 34.9 Å². The highest BCUT2D eigenvalue weighted by molar-refractivity contribution is 5.33. The Morgan fingerprint density at radius 3 is 2.47 bits per heavy atom. The van der Waals surface area contributed by atoms with Gasteiger partial charge in [0.1, 0.15) is 0 Å². The second-order valence-corrected chi connectivity index (χ2v) is 4.68. The average Bonchev–Trinajstić information content (AvgIpc) is 2.21. The van der Waals surface area contributed by atoms with Gasteiger partial charge in [-0.1, -0.05) is 37.6 Å². The van der Waals surface area contributed by atoms with Crippen LogP contribution in [0.25, 0.3) is 0 Å². The third kappa shape index (κ3) is 3.07. The fourth-order valence-corrected chi connectivity index (χ4v) is 2.06. The lowest BCUT2D eigenvalue weighted by Crippen LogP contribution is -2.21. The molecule has 0 amide bonds. The first-order valence-electron chi connectivity index (χ1n) is 5.78. The van der Waals surface area contributed by atoms with Gasteiger partial charge in [-0.15, -0.1) is 0 Å². The molecule has 0 radical (unpaired) electrons. The zero-order valence-corrected chi connectivity index (χ0v) is 10.6. The van der Waals surface area contributed by atoms with Crippen LogP contribution in [0.5, 0.6) is 0 Å². The predicted molar refractivity (Wildman–Crippen MR) is 67.4 cm³/mol. The van der Waals surface area contributed by atoms with E-state index in [9.17, 15) is 0 Å². The molecule has 15 heavy (non-hydrogen) atoms. The monoisotopic (exact) mass is 205 g/mol. The van der Waals surface area contributed by atoms with Crippen molar-refractivity contribution in [3.8, 4) is 0 Å². The lowest BCUT2D eigenvalue weighted by atomic mass is 9.85. The molecule has 0 heterocycles. The second kappa shape index (κ2) is 5.32. The van der Waals surface area contributed by atoms with E-state index in [1.807, 2.05) is 7.05 Å². The Bertz CT molecular complexity index is 317. The summed E-state index contributed by atoms with van der Waals surface area (Å²) >= 11 is 0. The number of benzene rings is 1. The third-order valence-electron chi connectivity index (χ3n) is 3.30. The lowest BCUT2D eigenvalue weighted by molar-refractivity contribution is 0.464. The molecule has 84 valence electrons. The van der Waals surface area contributed by atoms with E-state index in [2.05, 4.69) is 51.2 Å². The van der Waals surface area contributed by atoms with Crippen LogP contribution in [-0.2, 0) is 0 Å². The molecule has 2 unspecified atom stereocenters. The second-order valence-electron chi connectivity index (χ2n) is 4.68. The van der Waals surface area contributed by atoms with Crippen LogP contribution in [0.2, 0.25) is 0 Å². The molecule has 1 nitrogen and oxygen atoms in total. The molecule has 0 aliphatic heterocycles. The maximum absolute atomic E-state index is 3.25. The molecule has 0 spiro atoms. The molecule has 0 fully saturated rings. The molecule has 0 saturated heterocycles. The van der Waals surface area contributed by atoms with Gasteiger partial charge in [0.15, 0.2) is 0 Å². The maximum Gasteiger partial charge on any atom is -0.00204 e. The van der Waals surface area contributed by atoms with Crippen molar-refractivity contribution in [1.29, 1.82) is 0 Å². The first kappa shape index (κ1) is 12.3. The average molecular weight is 205 g/mol. The molecular weight excluding hydrogens is 182 g/mol. The van der Waals surface area contributed by atoms with E-state index >= 15 is 0 Å². The smallest absolute Gasteiger partial charge is 0.00204 e. The zero-order chi connectivity index (χ0) is 11.4. The van der Waals surface area contributed by atoms with Crippen molar-refractivity contribution >= 4 is 0 Å². The normalized spacial score (nSPS) is 15.0. The number of aryl methyl sites for hydroxylation is 2. The highest BCUT2D eigenvalue weighted by Gasteiger charge is 2.15. The minimum absolute atomic E-state index is 0.623. The highest BCUT2D eigenvalue weighted by atomic mass is 14.8. The Kier molecular flexibility index (Phi) is 4.34. The Morgan fingerprint density at radius 2 is 1.87 bits per heavy atom. The van der Waals surface area contributed by atoms with Crippen LogP contribution in [0.15, 0.2) is 18.2 Å². The summed E-state index contributed by atoms with van der Waals surface area (Å²) in [5, 5.41) is 3.25. The van der Waals surface area contributed by atoms with Crippen molar-refractivity contribution in [2.24, 2.45) is 5.92 Å². The lowest BCUT2D eigenvalue weighted by Gasteiger charge is -2.22. The molecule has 0 aromatic heterocycles. The molecule has 1 aromatic carbocycles. The molecule has 2 atom stereocenters. The van der Waals surface area contributed by atoms with Crippen LogP contribution in [0.4, 0.5) is 0 Å². The molecule has 1 N–H and O–H groups in total. The number of nitrogens with one attached hydrogen (secondary N) is 1. The zero-order valence-electron chi connectivity index (χ0n) is 10.6. The Hall–Kier alpha value is -0.820. The van der Waals surface area contributed by atoms with Crippen LogP contribution >= 0.6 is 0 Å². The fourth-order valence-electron chi connectivity index (χ4n) is 2.06. The number of hydrogen-bond acceptors (Lipinski definition) is 1. The molecule has 1 rings (SSSR count). The van der Waals surface area contributed by atoms with Crippen molar-refractivity contribution in [2.75, 3.05) is 13.6 Å². The quantitative estimate of drug-likeness (QED) is 0.795. The van der Waals surface area contributed by atoms with Gasteiger partial charge in [-0.25, -0.2) is 0 Å².